The van der Waals surface area contributed by atoms with E-state index in [0.717, 1.165) is 6.54 Å². The lowest BCUT2D eigenvalue weighted by Gasteiger charge is -2.39. The van der Waals surface area contributed by atoms with Crippen molar-refractivity contribution in [2.45, 2.75) is 19.0 Å². The highest BCUT2D eigenvalue weighted by molar-refractivity contribution is 5.85. The Morgan fingerprint density at radius 3 is 2.84 bits per heavy atom. The van der Waals surface area contributed by atoms with Gasteiger partial charge in [0.05, 0.1) is 6.04 Å². The van der Waals surface area contributed by atoms with Gasteiger partial charge >= 0.3 is 0 Å². The number of carbonyl (C=O) groups is 2. The van der Waals surface area contributed by atoms with Gasteiger partial charge in [-0.05, 0) is 6.92 Å². The number of hydrogen-bond donors (Lipinski definition) is 2. The normalized spacial score (nSPS) is 21.5. The summed E-state index contributed by atoms with van der Waals surface area (Å²) in [6.45, 7) is 7.91. The third-order valence-electron chi connectivity index (χ3n) is 3.31. The van der Waals surface area contributed by atoms with E-state index in [-0.39, 0.29) is 23.9 Å². The minimum Gasteiger partial charge on any atom is -0.351 e. The van der Waals surface area contributed by atoms with E-state index in [1.54, 1.807) is 25.1 Å². The molecule has 19 heavy (non-hydrogen) atoms. The predicted molar refractivity (Wildman–Crippen MR) is 74.7 cm³/mol. The Balaban J connectivity index is 2.73. The molecule has 108 valence electrons. The van der Waals surface area contributed by atoms with Gasteiger partial charge in [-0.25, -0.2) is 0 Å². The van der Waals surface area contributed by atoms with Crippen molar-refractivity contribution in [3.8, 4) is 0 Å². The minimum absolute atomic E-state index is 0.0237. The van der Waals surface area contributed by atoms with Gasteiger partial charge < -0.3 is 15.5 Å². The van der Waals surface area contributed by atoms with Crippen LogP contribution in [-0.4, -0.2) is 74.0 Å². The summed E-state index contributed by atoms with van der Waals surface area (Å²) in [5, 5.41) is 5.97. The smallest absolute Gasteiger partial charge is 0.240 e. The van der Waals surface area contributed by atoms with E-state index in [2.05, 4.69) is 17.2 Å². The molecular formula is C13H24N4O2. The second-order valence-corrected chi connectivity index (χ2v) is 4.90. The first-order valence-electron chi connectivity index (χ1n) is 6.55. The molecule has 0 aromatic carbocycles. The number of carbonyl (C=O) groups excluding carboxylic acids is 2. The van der Waals surface area contributed by atoms with Crippen LogP contribution >= 0.6 is 0 Å². The molecule has 1 heterocycles. The fraction of sp³-hybridized carbons (Fsp3) is 0.692. The van der Waals surface area contributed by atoms with Crippen LogP contribution < -0.4 is 10.6 Å². The standard InChI is InChI=1S/C13H24N4O2/c1-5-6-15-12(18)10(2)17-8-7-14-9-11(17)13(19)16(3)4/h5,10-11,14H,1,6-9H2,2-4H3,(H,15,18). The van der Waals surface area contributed by atoms with Crippen LogP contribution in [-0.2, 0) is 9.59 Å². The number of piperazine rings is 1. The number of nitrogens with one attached hydrogen (secondary N) is 2. The topological polar surface area (TPSA) is 64.7 Å². The Labute approximate surface area is 114 Å². The van der Waals surface area contributed by atoms with Gasteiger partial charge in [-0.15, -0.1) is 6.58 Å². The average molecular weight is 268 g/mol. The van der Waals surface area contributed by atoms with Crippen LogP contribution in [0.1, 0.15) is 6.92 Å². The van der Waals surface area contributed by atoms with Crippen LogP contribution in [0.3, 0.4) is 0 Å². The molecule has 2 unspecified atom stereocenters. The maximum Gasteiger partial charge on any atom is 0.240 e. The van der Waals surface area contributed by atoms with Gasteiger partial charge in [-0.1, -0.05) is 6.08 Å². The molecule has 0 aliphatic carbocycles. The maximum atomic E-state index is 12.1. The molecule has 0 spiro atoms. The largest absolute Gasteiger partial charge is 0.351 e. The molecule has 2 N–H and O–H groups in total. The van der Waals surface area contributed by atoms with Gasteiger partial charge in [0.25, 0.3) is 0 Å². The highest BCUT2D eigenvalue weighted by Crippen LogP contribution is 2.11. The fourth-order valence-corrected chi connectivity index (χ4v) is 2.18. The second kappa shape index (κ2) is 7.25. The molecule has 0 bridgehead atoms. The van der Waals surface area contributed by atoms with E-state index in [9.17, 15) is 9.59 Å². The van der Waals surface area contributed by atoms with Gasteiger partial charge in [0, 0.05) is 40.3 Å². The summed E-state index contributed by atoms with van der Waals surface area (Å²) in [7, 11) is 3.47. The van der Waals surface area contributed by atoms with Gasteiger partial charge in [-0.3, -0.25) is 14.5 Å². The van der Waals surface area contributed by atoms with Gasteiger partial charge in [0.15, 0.2) is 0 Å². The first kappa shape index (κ1) is 15.7. The van der Waals surface area contributed by atoms with E-state index in [1.165, 1.54) is 0 Å². The van der Waals surface area contributed by atoms with Crippen molar-refractivity contribution in [2.75, 3.05) is 40.3 Å². The van der Waals surface area contributed by atoms with Crippen LogP contribution in [0.4, 0.5) is 0 Å². The number of amides is 2. The molecule has 0 aromatic heterocycles. The first-order valence-corrected chi connectivity index (χ1v) is 6.55. The van der Waals surface area contributed by atoms with Crippen molar-refractivity contribution >= 4 is 11.8 Å². The zero-order valence-electron chi connectivity index (χ0n) is 12.0. The van der Waals surface area contributed by atoms with Crippen molar-refractivity contribution in [1.82, 2.24) is 20.4 Å². The molecule has 2 amide bonds. The van der Waals surface area contributed by atoms with Gasteiger partial charge in [-0.2, -0.15) is 0 Å². The first-order chi connectivity index (χ1) is 8.99. The molecule has 6 heteroatoms. The highest BCUT2D eigenvalue weighted by atomic mass is 16.2. The van der Waals surface area contributed by atoms with E-state index in [4.69, 9.17) is 0 Å². The van der Waals surface area contributed by atoms with E-state index in [1.807, 2.05) is 11.8 Å². The molecule has 1 fully saturated rings. The molecular weight excluding hydrogens is 244 g/mol. The molecule has 1 aliphatic heterocycles. The molecule has 1 rings (SSSR count). The Kier molecular flexibility index (Phi) is 5.98. The SMILES string of the molecule is C=CCNC(=O)C(C)N1CCNCC1C(=O)N(C)C. The lowest BCUT2D eigenvalue weighted by atomic mass is 10.1. The zero-order chi connectivity index (χ0) is 14.4. The summed E-state index contributed by atoms with van der Waals surface area (Å²) in [6.07, 6.45) is 1.64. The number of rotatable bonds is 5. The van der Waals surface area contributed by atoms with Crippen LogP contribution in [0.15, 0.2) is 12.7 Å². The average Bonchev–Trinajstić information content (AvgIpc) is 2.42. The van der Waals surface area contributed by atoms with Crippen molar-refractivity contribution in [1.29, 1.82) is 0 Å². The summed E-state index contributed by atoms with van der Waals surface area (Å²) < 4.78 is 0. The van der Waals surface area contributed by atoms with Crippen molar-refractivity contribution < 1.29 is 9.59 Å². The zero-order valence-corrected chi connectivity index (χ0v) is 12.0. The Morgan fingerprint density at radius 1 is 1.58 bits per heavy atom. The molecule has 1 aliphatic rings. The van der Waals surface area contributed by atoms with E-state index < -0.39 is 0 Å². The Morgan fingerprint density at radius 2 is 2.26 bits per heavy atom. The summed E-state index contributed by atoms with van der Waals surface area (Å²) >= 11 is 0. The van der Waals surface area contributed by atoms with Crippen LogP contribution in [0, 0.1) is 0 Å². The number of hydrogen-bond acceptors (Lipinski definition) is 4. The molecule has 0 aromatic rings. The molecule has 2 atom stereocenters. The Hall–Kier alpha value is -1.40. The van der Waals surface area contributed by atoms with Crippen LogP contribution in [0.2, 0.25) is 0 Å². The lowest BCUT2D eigenvalue weighted by Crippen LogP contribution is -2.62. The third-order valence-corrected chi connectivity index (χ3v) is 3.31. The summed E-state index contributed by atoms with van der Waals surface area (Å²) in [5.74, 6) is -0.0473. The molecule has 1 saturated heterocycles. The Bertz CT molecular complexity index is 344. The fourth-order valence-electron chi connectivity index (χ4n) is 2.18. The lowest BCUT2D eigenvalue weighted by molar-refractivity contribution is -0.138. The van der Waals surface area contributed by atoms with Crippen LogP contribution in [0.25, 0.3) is 0 Å². The van der Waals surface area contributed by atoms with Crippen molar-refractivity contribution in [2.24, 2.45) is 0 Å². The summed E-state index contributed by atoms with van der Waals surface area (Å²) in [5.41, 5.74) is 0. The quantitative estimate of drug-likeness (QED) is 0.630. The predicted octanol–water partition coefficient (Wildman–Crippen LogP) is -0.961. The number of likely N-dealkylation sites (N-methyl/N-ethyl adjacent to an activating group) is 1. The van der Waals surface area contributed by atoms with Crippen LogP contribution in [0.5, 0.6) is 0 Å². The van der Waals surface area contributed by atoms with E-state index >= 15 is 0 Å². The minimum atomic E-state index is -0.323. The molecule has 0 radical (unpaired) electrons. The van der Waals surface area contributed by atoms with Crippen molar-refractivity contribution in [3.05, 3.63) is 12.7 Å². The highest BCUT2D eigenvalue weighted by Gasteiger charge is 2.35. The monoisotopic (exact) mass is 268 g/mol. The maximum absolute atomic E-state index is 12.1. The second-order valence-electron chi connectivity index (χ2n) is 4.90. The summed E-state index contributed by atoms with van der Waals surface area (Å²) in [6, 6.07) is -0.607. The molecule has 6 nitrogen and oxygen atoms in total. The summed E-state index contributed by atoms with van der Waals surface area (Å²) in [4.78, 5) is 27.7. The molecule has 0 saturated carbocycles. The number of nitrogens with zero attached hydrogens (tertiary/aromatic N) is 2. The van der Waals surface area contributed by atoms with Gasteiger partial charge in [0.1, 0.15) is 6.04 Å². The van der Waals surface area contributed by atoms with Crippen molar-refractivity contribution in [3.63, 3.8) is 0 Å². The van der Waals surface area contributed by atoms with Gasteiger partial charge in [0.2, 0.25) is 11.8 Å². The third kappa shape index (κ3) is 4.04. The van der Waals surface area contributed by atoms with E-state index in [0.29, 0.717) is 19.6 Å².